The van der Waals surface area contributed by atoms with Crippen molar-refractivity contribution in [2.45, 2.75) is 13.8 Å². The van der Waals surface area contributed by atoms with Crippen LogP contribution in [0.3, 0.4) is 0 Å². The third-order valence-corrected chi connectivity index (χ3v) is 2.90. The number of ether oxygens (including phenoxy) is 2. The van der Waals surface area contributed by atoms with Crippen LogP contribution in [-0.4, -0.2) is 25.0 Å². The number of para-hydroxylation sites is 2. The lowest BCUT2D eigenvalue weighted by atomic mass is 10.2. The molecule has 2 aromatic rings. The van der Waals surface area contributed by atoms with Crippen molar-refractivity contribution >= 4 is 11.8 Å². The molecule has 0 aliphatic carbocycles. The highest BCUT2D eigenvalue weighted by Crippen LogP contribution is 2.17. The van der Waals surface area contributed by atoms with Crippen LogP contribution in [0.5, 0.6) is 11.5 Å². The summed E-state index contributed by atoms with van der Waals surface area (Å²) in [6.07, 6.45) is 0. The van der Waals surface area contributed by atoms with Crippen LogP contribution in [0, 0.1) is 0 Å². The van der Waals surface area contributed by atoms with Gasteiger partial charge in [0.1, 0.15) is 11.5 Å². The normalized spacial score (nSPS) is 9.42. The van der Waals surface area contributed by atoms with E-state index in [9.17, 15) is 9.59 Å². The Kier molecular flexibility index (Phi) is 7.84. The third-order valence-electron chi connectivity index (χ3n) is 2.90. The first kappa shape index (κ1) is 19.0. The average molecular weight is 330 g/mol. The van der Waals surface area contributed by atoms with Crippen molar-refractivity contribution in [2.24, 2.45) is 11.5 Å². The van der Waals surface area contributed by atoms with Gasteiger partial charge in [-0.25, -0.2) is 0 Å². The first-order chi connectivity index (χ1) is 11.5. The molecule has 2 rings (SSSR count). The van der Waals surface area contributed by atoms with Crippen LogP contribution in [0.15, 0.2) is 48.5 Å². The second-order valence-electron chi connectivity index (χ2n) is 4.59. The molecule has 2 aromatic carbocycles. The molecule has 6 heteroatoms. The van der Waals surface area contributed by atoms with E-state index in [0.717, 1.165) is 0 Å². The van der Waals surface area contributed by atoms with Crippen molar-refractivity contribution < 1.29 is 19.1 Å². The van der Waals surface area contributed by atoms with Crippen LogP contribution in [0.1, 0.15) is 34.6 Å². The quantitative estimate of drug-likeness (QED) is 0.848. The topological polar surface area (TPSA) is 105 Å². The second-order valence-corrected chi connectivity index (χ2v) is 4.59. The van der Waals surface area contributed by atoms with Gasteiger partial charge in [-0.2, -0.15) is 0 Å². The van der Waals surface area contributed by atoms with E-state index < -0.39 is 11.8 Å². The Morgan fingerprint density at radius 3 is 1.38 bits per heavy atom. The number of benzene rings is 2. The Labute approximate surface area is 141 Å². The first-order valence-electron chi connectivity index (χ1n) is 7.54. The fourth-order valence-electron chi connectivity index (χ4n) is 1.90. The Balaban J connectivity index is 0.000000240. The van der Waals surface area contributed by atoms with E-state index in [4.69, 9.17) is 20.9 Å². The molecule has 2 amide bonds. The molecule has 0 atom stereocenters. The number of amides is 2. The van der Waals surface area contributed by atoms with E-state index in [1.807, 2.05) is 13.8 Å². The van der Waals surface area contributed by atoms with Crippen molar-refractivity contribution in [1.82, 2.24) is 0 Å². The van der Waals surface area contributed by atoms with Crippen LogP contribution in [0.4, 0.5) is 0 Å². The number of nitrogens with two attached hydrogens (primary N) is 2. The molecule has 0 heterocycles. The van der Waals surface area contributed by atoms with Gasteiger partial charge in [0.05, 0.1) is 24.3 Å². The second kappa shape index (κ2) is 9.89. The van der Waals surface area contributed by atoms with Gasteiger partial charge in [-0.1, -0.05) is 24.3 Å². The summed E-state index contributed by atoms with van der Waals surface area (Å²) in [6, 6.07) is 13.9. The minimum absolute atomic E-state index is 0.430. The minimum Gasteiger partial charge on any atom is -0.493 e. The highest BCUT2D eigenvalue weighted by molar-refractivity contribution is 5.96. The molecule has 6 nitrogen and oxygen atoms in total. The van der Waals surface area contributed by atoms with Gasteiger partial charge in [0.15, 0.2) is 0 Å². The predicted molar refractivity (Wildman–Crippen MR) is 92.3 cm³/mol. The van der Waals surface area contributed by atoms with Crippen LogP contribution in [0.2, 0.25) is 0 Å². The molecule has 0 radical (unpaired) electrons. The van der Waals surface area contributed by atoms with Gasteiger partial charge in [0, 0.05) is 0 Å². The van der Waals surface area contributed by atoms with Crippen molar-refractivity contribution in [3.05, 3.63) is 59.7 Å². The molecule has 24 heavy (non-hydrogen) atoms. The SMILES string of the molecule is CCOc1ccccc1C(N)=O.CCOc1ccccc1C(N)=O. The number of hydrogen-bond acceptors (Lipinski definition) is 4. The third kappa shape index (κ3) is 5.64. The van der Waals surface area contributed by atoms with E-state index in [1.54, 1.807) is 48.5 Å². The number of primary amides is 2. The zero-order valence-electron chi connectivity index (χ0n) is 13.8. The zero-order valence-corrected chi connectivity index (χ0v) is 13.8. The maximum absolute atomic E-state index is 10.8. The van der Waals surface area contributed by atoms with Crippen molar-refractivity contribution in [2.75, 3.05) is 13.2 Å². The summed E-state index contributed by atoms with van der Waals surface area (Å²) >= 11 is 0. The lowest BCUT2D eigenvalue weighted by Gasteiger charge is -2.05. The number of carbonyl (C=O) groups excluding carboxylic acids is 2. The van der Waals surface area contributed by atoms with Crippen LogP contribution in [0.25, 0.3) is 0 Å². The van der Waals surface area contributed by atoms with Crippen LogP contribution >= 0.6 is 0 Å². The van der Waals surface area contributed by atoms with E-state index >= 15 is 0 Å². The fraction of sp³-hybridized carbons (Fsp3) is 0.222. The highest BCUT2D eigenvalue weighted by Gasteiger charge is 2.07. The maximum Gasteiger partial charge on any atom is 0.252 e. The predicted octanol–water partition coefficient (Wildman–Crippen LogP) is 2.37. The zero-order chi connectivity index (χ0) is 17.9. The Bertz CT molecular complexity index is 627. The maximum atomic E-state index is 10.8. The van der Waals surface area contributed by atoms with Crippen molar-refractivity contribution in [3.63, 3.8) is 0 Å². The van der Waals surface area contributed by atoms with E-state index in [2.05, 4.69) is 0 Å². The van der Waals surface area contributed by atoms with Gasteiger partial charge in [0.2, 0.25) is 0 Å². The summed E-state index contributed by atoms with van der Waals surface area (Å²) in [5.41, 5.74) is 11.1. The molecule has 0 aliphatic rings. The van der Waals surface area contributed by atoms with Gasteiger partial charge in [-0.15, -0.1) is 0 Å². The van der Waals surface area contributed by atoms with Gasteiger partial charge >= 0.3 is 0 Å². The van der Waals surface area contributed by atoms with E-state index in [0.29, 0.717) is 35.8 Å². The lowest BCUT2D eigenvalue weighted by molar-refractivity contribution is 0.0988. The summed E-state index contributed by atoms with van der Waals surface area (Å²) in [4.78, 5) is 21.7. The standard InChI is InChI=1S/2C9H11NO2/c2*1-2-12-8-6-4-3-5-7(8)9(10)11/h2*3-6H,2H2,1H3,(H2,10,11). The monoisotopic (exact) mass is 330 g/mol. The highest BCUT2D eigenvalue weighted by atomic mass is 16.5. The molecule has 0 bridgehead atoms. The van der Waals surface area contributed by atoms with Crippen molar-refractivity contribution in [1.29, 1.82) is 0 Å². The number of carbonyl (C=O) groups is 2. The molecule has 0 aliphatic heterocycles. The molecule has 0 aromatic heterocycles. The average Bonchev–Trinajstić information content (AvgIpc) is 2.57. The first-order valence-corrected chi connectivity index (χ1v) is 7.54. The number of rotatable bonds is 6. The summed E-state index contributed by atoms with van der Waals surface area (Å²) in [6.45, 7) is 4.78. The lowest BCUT2D eigenvalue weighted by Crippen LogP contribution is -2.12. The number of hydrogen-bond donors (Lipinski definition) is 2. The van der Waals surface area contributed by atoms with Gasteiger partial charge < -0.3 is 20.9 Å². The Morgan fingerprint density at radius 1 is 0.750 bits per heavy atom. The van der Waals surface area contributed by atoms with E-state index in [-0.39, 0.29) is 0 Å². The molecule has 0 unspecified atom stereocenters. The molecule has 0 fully saturated rings. The Morgan fingerprint density at radius 2 is 1.08 bits per heavy atom. The van der Waals surface area contributed by atoms with E-state index in [1.165, 1.54) is 0 Å². The molecule has 0 saturated carbocycles. The van der Waals surface area contributed by atoms with Crippen molar-refractivity contribution in [3.8, 4) is 11.5 Å². The fourth-order valence-corrected chi connectivity index (χ4v) is 1.90. The molecular formula is C18H22N2O4. The molecule has 0 saturated heterocycles. The smallest absolute Gasteiger partial charge is 0.252 e. The van der Waals surface area contributed by atoms with Gasteiger partial charge in [-0.05, 0) is 38.1 Å². The minimum atomic E-state index is -0.459. The largest absolute Gasteiger partial charge is 0.493 e. The summed E-state index contributed by atoms with van der Waals surface area (Å²) < 4.78 is 10.4. The van der Waals surface area contributed by atoms with Crippen LogP contribution < -0.4 is 20.9 Å². The Hall–Kier alpha value is -3.02. The molecule has 128 valence electrons. The molecule has 4 N–H and O–H groups in total. The summed E-state index contributed by atoms with van der Waals surface area (Å²) in [5.74, 6) is 0.179. The molecular weight excluding hydrogens is 308 g/mol. The molecule has 0 spiro atoms. The van der Waals surface area contributed by atoms with Crippen LogP contribution in [-0.2, 0) is 0 Å². The van der Waals surface area contributed by atoms with Gasteiger partial charge in [-0.3, -0.25) is 9.59 Å². The summed E-state index contributed by atoms with van der Waals surface area (Å²) in [7, 11) is 0. The summed E-state index contributed by atoms with van der Waals surface area (Å²) in [5, 5.41) is 0. The van der Waals surface area contributed by atoms with Gasteiger partial charge in [0.25, 0.3) is 11.8 Å².